The Hall–Kier alpha value is -3.57. The van der Waals surface area contributed by atoms with Gasteiger partial charge >= 0.3 is 7.32 Å². The minimum atomic E-state index is -2.11. The summed E-state index contributed by atoms with van der Waals surface area (Å²) >= 11 is 0. The Labute approximate surface area is 165 Å². The Morgan fingerprint density at radius 1 is 1.28 bits per heavy atom. The molecule has 2 heterocycles. The number of ether oxygens (including phenoxy) is 1. The average Bonchev–Trinajstić information content (AvgIpc) is 2.64. The Morgan fingerprint density at radius 2 is 1.97 bits per heavy atom. The summed E-state index contributed by atoms with van der Waals surface area (Å²) in [5.41, 5.74) is 12.7. The van der Waals surface area contributed by atoms with Gasteiger partial charge in [-0.15, -0.1) is 0 Å². The molecule has 29 heavy (non-hydrogen) atoms. The summed E-state index contributed by atoms with van der Waals surface area (Å²) in [5.74, 6) is -0.604. The van der Waals surface area contributed by atoms with Crippen molar-refractivity contribution in [3.63, 3.8) is 0 Å². The van der Waals surface area contributed by atoms with Crippen molar-refractivity contribution in [1.82, 2.24) is 9.55 Å². The molecule has 1 aromatic carbocycles. The molecule has 0 atom stereocenters. The van der Waals surface area contributed by atoms with E-state index >= 15 is 0 Å². The molecule has 3 aromatic rings. The van der Waals surface area contributed by atoms with Crippen molar-refractivity contribution in [3.8, 4) is 17.2 Å². The van der Waals surface area contributed by atoms with Crippen LogP contribution in [-0.4, -0.2) is 39.9 Å². The van der Waals surface area contributed by atoms with Crippen LogP contribution >= 0.6 is 0 Å². The van der Waals surface area contributed by atoms with Gasteiger partial charge in [0.05, 0.1) is 29.9 Å². The van der Waals surface area contributed by atoms with E-state index in [4.69, 9.17) is 30.9 Å². The highest BCUT2D eigenvalue weighted by molar-refractivity contribution is 6.33. The fourth-order valence-corrected chi connectivity index (χ4v) is 3.30. The fourth-order valence-electron chi connectivity index (χ4n) is 3.30. The SMILES string of the molecule is COc1ccc(C)c(-n2c(N)c(C(N)=O)c3ncc(OB(O)O)cc3c2=O)c1C. The molecule has 0 bridgehead atoms. The smallest absolute Gasteiger partial charge is 0.511 e. The van der Waals surface area contributed by atoms with Crippen LogP contribution < -0.4 is 26.4 Å². The number of hydrogen-bond donors (Lipinski definition) is 4. The molecule has 0 unspecified atom stereocenters. The Morgan fingerprint density at radius 3 is 2.55 bits per heavy atom. The first-order valence-corrected chi connectivity index (χ1v) is 8.48. The molecule has 10 nitrogen and oxygen atoms in total. The van der Waals surface area contributed by atoms with E-state index in [0.29, 0.717) is 22.6 Å². The monoisotopic (exact) mass is 398 g/mol. The lowest BCUT2D eigenvalue weighted by molar-refractivity contribution is 0.100. The van der Waals surface area contributed by atoms with E-state index in [1.807, 2.05) is 0 Å². The highest BCUT2D eigenvalue weighted by atomic mass is 16.6. The number of primary amides is 1. The van der Waals surface area contributed by atoms with Gasteiger partial charge in [-0.3, -0.25) is 19.1 Å². The molecule has 150 valence electrons. The largest absolute Gasteiger partial charge is 0.707 e. The summed E-state index contributed by atoms with van der Waals surface area (Å²) in [4.78, 5) is 29.5. The van der Waals surface area contributed by atoms with Crippen LogP contribution in [0.5, 0.6) is 11.5 Å². The molecule has 1 amide bonds. The van der Waals surface area contributed by atoms with Crippen LogP contribution in [-0.2, 0) is 0 Å². The molecule has 0 aliphatic rings. The number of fused-ring (bicyclic) bond motifs is 1. The molecular weight excluding hydrogens is 379 g/mol. The number of methoxy groups -OCH3 is 1. The van der Waals surface area contributed by atoms with Crippen LogP contribution in [0.25, 0.3) is 16.6 Å². The van der Waals surface area contributed by atoms with Gasteiger partial charge in [-0.25, -0.2) is 0 Å². The van der Waals surface area contributed by atoms with Gasteiger partial charge in [0.15, 0.2) is 0 Å². The minimum absolute atomic E-state index is 0.0192. The van der Waals surface area contributed by atoms with Crippen LogP contribution in [0.1, 0.15) is 21.5 Å². The third-order valence-electron chi connectivity index (χ3n) is 4.54. The standard InChI is InChI=1S/C18H19BN4O6/c1-8-4-5-12(28-3)9(2)15(8)23-16(20)13(17(21)24)14-11(18(23)25)6-10(7-22-14)29-19(26)27/h4-7,26-27H,20H2,1-3H3,(H2,21,24). The molecule has 0 aliphatic carbocycles. The highest BCUT2D eigenvalue weighted by Gasteiger charge is 2.24. The highest BCUT2D eigenvalue weighted by Crippen LogP contribution is 2.31. The van der Waals surface area contributed by atoms with E-state index in [0.717, 1.165) is 10.8 Å². The number of aryl methyl sites for hydroxylation is 1. The molecule has 6 N–H and O–H groups in total. The van der Waals surface area contributed by atoms with Crippen molar-refractivity contribution in [3.05, 3.63) is 51.4 Å². The van der Waals surface area contributed by atoms with Crippen molar-refractivity contribution >= 4 is 29.9 Å². The lowest BCUT2D eigenvalue weighted by Crippen LogP contribution is -2.28. The van der Waals surface area contributed by atoms with Gasteiger partial charge in [0.1, 0.15) is 22.9 Å². The van der Waals surface area contributed by atoms with Gasteiger partial charge in [0, 0.05) is 5.56 Å². The topological polar surface area (TPSA) is 163 Å². The number of nitrogen functional groups attached to an aromatic ring is 1. The molecule has 11 heteroatoms. The average molecular weight is 398 g/mol. The van der Waals surface area contributed by atoms with E-state index in [2.05, 4.69) is 4.98 Å². The van der Waals surface area contributed by atoms with E-state index in [9.17, 15) is 9.59 Å². The summed E-state index contributed by atoms with van der Waals surface area (Å²) in [7, 11) is -0.611. The first kappa shape index (κ1) is 20.2. The van der Waals surface area contributed by atoms with Gasteiger partial charge in [0.2, 0.25) is 0 Å². The summed E-state index contributed by atoms with van der Waals surface area (Å²) in [5, 5.41) is 18.0. The number of benzene rings is 1. The fraction of sp³-hybridized carbons (Fsp3) is 0.167. The number of amides is 1. The summed E-state index contributed by atoms with van der Waals surface area (Å²) in [6, 6.07) is 4.74. The number of nitrogens with zero attached hydrogens (tertiary/aromatic N) is 2. The molecule has 0 aliphatic heterocycles. The van der Waals surface area contributed by atoms with Crippen LogP contribution in [0.15, 0.2) is 29.2 Å². The van der Waals surface area contributed by atoms with Crippen molar-refractivity contribution in [2.45, 2.75) is 13.8 Å². The van der Waals surface area contributed by atoms with Gasteiger partial charge in [-0.05, 0) is 31.5 Å². The van der Waals surface area contributed by atoms with Gasteiger partial charge in [-0.1, -0.05) is 6.07 Å². The molecular formula is C18H19BN4O6. The van der Waals surface area contributed by atoms with E-state index < -0.39 is 18.8 Å². The Balaban J connectivity index is 2.48. The summed E-state index contributed by atoms with van der Waals surface area (Å²) in [6.45, 7) is 3.53. The maximum absolute atomic E-state index is 13.3. The number of pyridine rings is 2. The van der Waals surface area contributed by atoms with E-state index in [1.54, 1.807) is 26.0 Å². The number of anilines is 1. The second-order valence-corrected chi connectivity index (χ2v) is 6.33. The first-order chi connectivity index (χ1) is 13.7. The van der Waals surface area contributed by atoms with Gasteiger partial charge < -0.3 is 30.9 Å². The molecule has 2 aromatic heterocycles. The van der Waals surface area contributed by atoms with Crippen molar-refractivity contribution in [2.24, 2.45) is 5.73 Å². The number of nitrogens with two attached hydrogens (primary N) is 2. The predicted octanol–water partition coefficient (Wildman–Crippen LogP) is 0.0405. The zero-order chi connectivity index (χ0) is 21.5. The maximum Gasteiger partial charge on any atom is 0.707 e. The van der Waals surface area contributed by atoms with Crippen LogP contribution in [0.2, 0.25) is 0 Å². The van der Waals surface area contributed by atoms with Crippen molar-refractivity contribution in [1.29, 1.82) is 0 Å². The molecule has 0 spiro atoms. The molecule has 0 saturated heterocycles. The summed E-state index contributed by atoms with van der Waals surface area (Å²) in [6.07, 6.45) is 1.12. The van der Waals surface area contributed by atoms with E-state index in [-0.39, 0.29) is 28.0 Å². The van der Waals surface area contributed by atoms with Crippen molar-refractivity contribution in [2.75, 3.05) is 12.8 Å². The number of aromatic nitrogens is 2. The number of rotatable bonds is 5. The number of carbonyl (C=O) groups is 1. The molecule has 0 saturated carbocycles. The van der Waals surface area contributed by atoms with Crippen LogP contribution in [0, 0.1) is 13.8 Å². The lowest BCUT2D eigenvalue weighted by atomic mass is 10.1. The second kappa shape index (κ2) is 7.45. The second-order valence-electron chi connectivity index (χ2n) is 6.33. The third-order valence-corrected chi connectivity index (χ3v) is 4.54. The Kier molecular flexibility index (Phi) is 5.18. The number of hydrogen-bond acceptors (Lipinski definition) is 8. The van der Waals surface area contributed by atoms with Crippen LogP contribution in [0.3, 0.4) is 0 Å². The van der Waals surface area contributed by atoms with Gasteiger partial charge in [-0.2, -0.15) is 0 Å². The van der Waals surface area contributed by atoms with Crippen LogP contribution in [0.4, 0.5) is 5.82 Å². The van der Waals surface area contributed by atoms with Gasteiger partial charge in [0.25, 0.3) is 11.5 Å². The van der Waals surface area contributed by atoms with Crippen molar-refractivity contribution < 1.29 is 24.2 Å². The molecule has 0 fully saturated rings. The zero-order valence-electron chi connectivity index (χ0n) is 16.0. The molecule has 3 rings (SSSR count). The zero-order valence-corrected chi connectivity index (χ0v) is 16.0. The van der Waals surface area contributed by atoms with E-state index in [1.165, 1.54) is 13.2 Å². The minimum Gasteiger partial charge on any atom is -0.511 e. The summed E-state index contributed by atoms with van der Waals surface area (Å²) < 4.78 is 11.3. The number of carbonyl (C=O) groups excluding carboxylic acids is 1. The first-order valence-electron chi connectivity index (χ1n) is 8.48. The Bertz CT molecular complexity index is 1190. The maximum atomic E-state index is 13.3. The molecule has 0 radical (unpaired) electrons. The lowest BCUT2D eigenvalue weighted by Gasteiger charge is -2.20. The normalized spacial score (nSPS) is 10.8. The predicted molar refractivity (Wildman–Crippen MR) is 107 cm³/mol. The quantitative estimate of drug-likeness (QED) is 0.438. The third kappa shape index (κ3) is 3.37.